The van der Waals surface area contributed by atoms with Crippen molar-refractivity contribution >= 4 is 32.9 Å². The van der Waals surface area contributed by atoms with E-state index in [0.717, 1.165) is 12.0 Å². The lowest BCUT2D eigenvalue weighted by atomic mass is 9.66. The van der Waals surface area contributed by atoms with Crippen LogP contribution in [0.4, 0.5) is 11.4 Å². The molecule has 1 aromatic rings. The van der Waals surface area contributed by atoms with Crippen LogP contribution in [0.25, 0.3) is 5.57 Å². The van der Waals surface area contributed by atoms with E-state index in [1.54, 1.807) is 0 Å². The fourth-order valence-corrected chi connectivity index (χ4v) is 3.65. The van der Waals surface area contributed by atoms with Gasteiger partial charge in [-0.15, -0.1) is 0 Å². The highest BCUT2D eigenvalue weighted by molar-refractivity contribution is 9.10. The molecule has 0 radical (unpaired) electrons. The largest absolute Gasteiger partial charge is 0.396 e. The first-order chi connectivity index (χ1) is 8.61. The van der Waals surface area contributed by atoms with E-state index in [9.17, 15) is 0 Å². The molecule has 4 heteroatoms. The Morgan fingerprint density at radius 1 is 1.16 bits per heavy atom. The first kappa shape index (κ1) is 14.4. The van der Waals surface area contributed by atoms with Crippen molar-refractivity contribution in [2.75, 3.05) is 11.5 Å². The molecule has 0 atom stereocenters. The highest BCUT2D eigenvalue weighted by atomic mass is 79.9. The topological polar surface area (TPSA) is 64.9 Å². The van der Waals surface area contributed by atoms with Crippen molar-refractivity contribution in [1.82, 2.24) is 4.98 Å². The predicted octanol–water partition coefficient (Wildman–Crippen LogP) is 4.24. The van der Waals surface area contributed by atoms with Crippen molar-refractivity contribution < 1.29 is 0 Å². The van der Waals surface area contributed by atoms with E-state index in [1.807, 2.05) is 6.20 Å². The van der Waals surface area contributed by atoms with E-state index in [4.69, 9.17) is 11.5 Å². The highest BCUT2D eigenvalue weighted by Gasteiger charge is 2.34. The SMILES string of the molecule is CC1(C)C=C(c2cnc(Br)c(N)c2N)CC(C)(C)C1. The summed E-state index contributed by atoms with van der Waals surface area (Å²) in [5, 5.41) is 0. The van der Waals surface area contributed by atoms with E-state index in [0.29, 0.717) is 16.0 Å². The van der Waals surface area contributed by atoms with Crippen LogP contribution in [0, 0.1) is 10.8 Å². The van der Waals surface area contributed by atoms with Crippen LogP contribution in [0.2, 0.25) is 0 Å². The summed E-state index contributed by atoms with van der Waals surface area (Å²) in [5.41, 5.74) is 15.9. The first-order valence-corrected chi connectivity index (χ1v) is 7.32. The number of rotatable bonds is 1. The van der Waals surface area contributed by atoms with Crippen LogP contribution in [-0.4, -0.2) is 4.98 Å². The van der Waals surface area contributed by atoms with E-state index in [-0.39, 0.29) is 10.8 Å². The molecule has 0 saturated heterocycles. The molecule has 1 aliphatic carbocycles. The second-order valence-corrected chi connectivity index (χ2v) is 7.72. The number of nitrogens with zero attached hydrogens (tertiary/aromatic N) is 1. The molecule has 0 aromatic carbocycles. The number of pyridine rings is 1. The fraction of sp³-hybridized carbons (Fsp3) is 0.533. The lowest BCUT2D eigenvalue weighted by Crippen LogP contribution is -2.27. The Kier molecular flexibility index (Phi) is 3.42. The second-order valence-electron chi connectivity index (χ2n) is 6.97. The maximum atomic E-state index is 6.16. The van der Waals surface area contributed by atoms with Gasteiger partial charge in [-0.3, -0.25) is 0 Å². The number of hydrogen-bond acceptors (Lipinski definition) is 3. The Morgan fingerprint density at radius 2 is 1.79 bits per heavy atom. The molecule has 0 bridgehead atoms. The summed E-state index contributed by atoms with van der Waals surface area (Å²) >= 11 is 3.31. The summed E-state index contributed by atoms with van der Waals surface area (Å²) in [6.07, 6.45) is 6.31. The van der Waals surface area contributed by atoms with Gasteiger partial charge in [-0.2, -0.15) is 0 Å². The molecule has 0 spiro atoms. The molecular formula is C15H22BrN3. The summed E-state index contributed by atoms with van der Waals surface area (Å²) < 4.78 is 0.615. The van der Waals surface area contributed by atoms with Gasteiger partial charge in [0, 0.05) is 11.8 Å². The summed E-state index contributed by atoms with van der Waals surface area (Å²) in [6.45, 7) is 9.13. The Hall–Kier alpha value is -1.03. The third-order valence-corrected chi connectivity index (χ3v) is 4.26. The number of nitrogen functional groups attached to an aromatic ring is 2. The van der Waals surface area contributed by atoms with Crippen LogP contribution >= 0.6 is 15.9 Å². The van der Waals surface area contributed by atoms with Crippen LogP contribution < -0.4 is 11.5 Å². The smallest absolute Gasteiger partial charge is 0.131 e. The van der Waals surface area contributed by atoms with Gasteiger partial charge in [-0.1, -0.05) is 33.8 Å². The summed E-state index contributed by atoms with van der Waals surface area (Å²) in [5.74, 6) is 0. The first-order valence-electron chi connectivity index (χ1n) is 6.53. The lowest BCUT2D eigenvalue weighted by molar-refractivity contribution is 0.229. The fourth-order valence-electron chi connectivity index (χ4n) is 3.33. The maximum Gasteiger partial charge on any atom is 0.131 e. The zero-order valence-corrected chi connectivity index (χ0v) is 13.6. The van der Waals surface area contributed by atoms with E-state index in [1.165, 1.54) is 12.0 Å². The lowest BCUT2D eigenvalue weighted by Gasteiger charge is -2.39. The Balaban J connectivity index is 2.53. The normalized spacial score (nSPS) is 21.0. The minimum absolute atomic E-state index is 0.172. The number of hydrogen-bond donors (Lipinski definition) is 2. The van der Waals surface area contributed by atoms with Crippen LogP contribution in [0.5, 0.6) is 0 Å². The van der Waals surface area contributed by atoms with Gasteiger partial charge in [0.05, 0.1) is 11.4 Å². The molecule has 104 valence electrons. The molecule has 1 aromatic heterocycles. The second kappa shape index (κ2) is 4.51. The standard InChI is InChI=1S/C15H22BrN3/c1-14(2)5-9(6-15(3,4)8-14)10-7-19-13(16)12(18)11(10)17/h5,7H,6,8,18H2,1-4H3,(H2,17,19). The van der Waals surface area contributed by atoms with Gasteiger partial charge in [0.1, 0.15) is 4.60 Å². The summed E-state index contributed by atoms with van der Waals surface area (Å²) in [7, 11) is 0. The predicted molar refractivity (Wildman–Crippen MR) is 85.5 cm³/mol. The van der Waals surface area contributed by atoms with Crippen LogP contribution in [0.15, 0.2) is 16.9 Å². The molecule has 2 rings (SSSR count). The minimum atomic E-state index is 0.172. The van der Waals surface area contributed by atoms with Crippen molar-refractivity contribution in [3.8, 4) is 0 Å². The Morgan fingerprint density at radius 3 is 2.37 bits per heavy atom. The molecule has 0 aliphatic heterocycles. The quantitative estimate of drug-likeness (QED) is 0.760. The number of anilines is 2. The average molecular weight is 324 g/mol. The van der Waals surface area contributed by atoms with Crippen molar-refractivity contribution in [2.24, 2.45) is 10.8 Å². The molecule has 1 aliphatic rings. The molecule has 19 heavy (non-hydrogen) atoms. The molecule has 1 heterocycles. The minimum Gasteiger partial charge on any atom is -0.396 e. The third kappa shape index (κ3) is 2.94. The summed E-state index contributed by atoms with van der Waals surface area (Å²) in [6, 6.07) is 0. The molecule has 0 saturated carbocycles. The van der Waals surface area contributed by atoms with Gasteiger partial charge in [0.15, 0.2) is 0 Å². The molecule has 0 fully saturated rings. The molecule has 0 amide bonds. The van der Waals surface area contributed by atoms with Gasteiger partial charge in [0.25, 0.3) is 0 Å². The van der Waals surface area contributed by atoms with Gasteiger partial charge in [-0.25, -0.2) is 4.98 Å². The number of nitrogens with two attached hydrogens (primary N) is 2. The van der Waals surface area contributed by atoms with E-state index < -0.39 is 0 Å². The Labute approximate surface area is 123 Å². The van der Waals surface area contributed by atoms with Crippen molar-refractivity contribution in [1.29, 1.82) is 0 Å². The van der Waals surface area contributed by atoms with Gasteiger partial charge < -0.3 is 11.5 Å². The molecule has 4 N–H and O–H groups in total. The maximum absolute atomic E-state index is 6.16. The third-order valence-electron chi connectivity index (χ3n) is 3.62. The Bertz CT molecular complexity index is 545. The van der Waals surface area contributed by atoms with Gasteiger partial charge >= 0.3 is 0 Å². The van der Waals surface area contributed by atoms with E-state index >= 15 is 0 Å². The van der Waals surface area contributed by atoms with Gasteiger partial charge in [-0.05, 0) is 45.2 Å². The zero-order chi connectivity index (χ0) is 14.4. The zero-order valence-electron chi connectivity index (χ0n) is 12.0. The summed E-state index contributed by atoms with van der Waals surface area (Å²) in [4.78, 5) is 4.28. The number of aromatic nitrogens is 1. The average Bonchev–Trinajstić information content (AvgIpc) is 2.21. The number of halogens is 1. The highest BCUT2D eigenvalue weighted by Crippen LogP contribution is 2.48. The van der Waals surface area contributed by atoms with Crippen molar-refractivity contribution in [3.05, 3.63) is 22.4 Å². The van der Waals surface area contributed by atoms with Crippen molar-refractivity contribution in [3.63, 3.8) is 0 Å². The molecule has 0 unspecified atom stereocenters. The van der Waals surface area contributed by atoms with Crippen LogP contribution in [0.1, 0.15) is 46.1 Å². The molecular weight excluding hydrogens is 302 g/mol. The van der Waals surface area contributed by atoms with Crippen LogP contribution in [-0.2, 0) is 0 Å². The van der Waals surface area contributed by atoms with Gasteiger partial charge in [0.2, 0.25) is 0 Å². The monoisotopic (exact) mass is 323 g/mol. The van der Waals surface area contributed by atoms with Crippen molar-refractivity contribution in [2.45, 2.75) is 40.5 Å². The van der Waals surface area contributed by atoms with E-state index in [2.05, 4.69) is 54.7 Å². The number of allylic oxidation sites excluding steroid dienone is 2. The molecule has 3 nitrogen and oxygen atoms in total. The van der Waals surface area contributed by atoms with Crippen LogP contribution in [0.3, 0.4) is 0 Å².